The van der Waals surface area contributed by atoms with Gasteiger partial charge in [-0.05, 0) is 30.2 Å². The third-order valence-electron chi connectivity index (χ3n) is 2.77. The van der Waals surface area contributed by atoms with Crippen LogP contribution in [-0.4, -0.2) is 43.4 Å². The summed E-state index contributed by atoms with van der Waals surface area (Å²) in [6, 6.07) is 4.81. The first kappa shape index (κ1) is 14.8. The fourth-order valence-electron chi connectivity index (χ4n) is 1.76. The third-order valence-corrected chi connectivity index (χ3v) is 2.77. The molecule has 0 aliphatic carbocycles. The van der Waals surface area contributed by atoms with Gasteiger partial charge in [-0.3, -0.25) is 10.1 Å². The molecule has 1 aliphatic rings. The highest BCUT2D eigenvalue weighted by atomic mass is 16.5. The Morgan fingerprint density at radius 1 is 1.38 bits per heavy atom. The van der Waals surface area contributed by atoms with Gasteiger partial charge in [0.15, 0.2) is 11.5 Å². The average Bonchev–Trinajstić information content (AvgIpc) is 2.81. The van der Waals surface area contributed by atoms with Crippen LogP contribution in [0.4, 0.5) is 4.79 Å². The number of nitrogens with one attached hydrogen (secondary N) is 1. The molecule has 0 bridgehead atoms. The minimum Gasteiger partial charge on any atom is -0.493 e. The van der Waals surface area contributed by atoms with Gasteiger partial charge >= 0.3 is 6.03 Å². The molecule has 1 N–H and O–H groups in total. The number of amides is 3. The number of hydrogen-bond donors (Lipinski definition) is 1. The van der Waals surface area contributed by atoms with Crippen LogP contribution in [-0.2, 0) is 4.79 Å². The molecule has 2 rings (SSSR count). The van der Waals surface area contributed by atoms with E-state index in [-0.39, 0.29) is 12.5 Å². The minimum absolute atomic E-state index is 0.0653. The molecule has 1 heterocycles. The molecule has 1 fully saturated rings. The first-order chi connectivity index (χ1) is 10.1. The van der Waals surface area contributed by atoms with E-state index in [1.54, 1.807) is 25.3 Å². The Kier molecular flexibility index (Phi) is 4.76. The number of nitrogens with zero attached hydrogens (tertiary/aromatic N) is 2. The molecule has 1 aromatic carbocycles. The van der Waals surface area contributed by atoms with E-state index in [0.717, 1.165) is 17.0 Å². The normalized spacial score (nSPS) is 14.7. The van der Waals surface area contributed by atoms with Crippen molar-refractivity contribution in [3.63, 3.8) is 0 Å². The molecule has 1 saturated heterocycles. The number of benzene rings is 1. The number of hydrazone groups is 1. The molecule has 0 aromatic heterocycles. The lowest BCUT2D eigenvalue weighted by Crippen LogP contribution is -2.24. The van der Waals surface area contributed by atoms with Gasteiger partial charge in [0.2, 0.25) is 5.91 Å². The van der Waals surface area contributed by atoms with Crippen molar-refractivity contribution in [3.05, 3.63) is 23.8 Å². The molecular weight excluding hydrogens is 274 g/mol. The molecule has 21 heavy (non-hydrogen) atoms. The summed E-state index contributed by atoms with van der Waals surface area (Å²) in [6.45, 7) is 2.57. The van der Waals surface area contributed by atoms with Crippen LogP contribution in [0.25, 0.3) is 0 Å². The predicted octanol–water partition coefficient (Wildman–Crippen LogP) is 1.37. The van der Waals surface area contributed by atoms with Crippen LogP contribution < -0.4 is 14.8 Å². The van der Waals surface area contributed by atoms with Gasteiger partial charge in [0.25, 0.3) is 0 Å². The second-order valence-corrected chi connectivity index (χ2v) is 4.41. The lowest BCUT2D eigenvalue weighted by atomic mass is 10.2. The third kappa shape index (κ3) is 3.71. The number of urea groups is 1. The van der Waals surface area contributed by atoms with Gasteiger partial charge in [-0.2, -0.15) is 5.10 Å². The summed E-state index contributed by atoms with van der Waals surface area (Å²) in [6.07, 6.45) is 2.40. The van der Waals surface area contributed by atoms with E-state index in [1.165, 1.54) is 6.21 Å². The minimum atomic E-state index is -0.522. The molecule has 1 aromatic rings. The van der Waals surface area contributed by atoms with Crippen molar-refractivity contribution in [2.24, 2.45) is 5.10 Å². The number of imide groups is 1. The van der Waals surface area contributed by atoms with E-state index in [2.05, 4.69) is 10.4 Å². The second kappa shape index (κ2) is 6.74. The molecule has 0 unspecified atom stereocenters. The Morgan fingerprint density at radius 3 is 2.81 bits per heavy atom. The van der Waals surface area contributed by atoms with Crippen LogP contribution in [0.2, 0.25) is 0 Å². The molecule has 0 spiro atoms. The summed E-state index contributed by atoms with van der Waals surface area (Å²) in [7, 11) is 1.56. The van der Waals surface area contributed by atoms with Gasteiger partial charge in [0, 0.05) is 0 Å². The van der Waals surface area contributed by atoms with Crippen molar-refractivity contribution in [2.75, 3.05) is 20.3 Å². The van der Waals surface area contributed by atoms with E-state index >= 15 is 0 Å². The van der Waals surface area contributed by atoms with Gasteiger partial charge in [-0.15, -0.1) is 0 Å². The van der Waals surface area contributed by atoms with Crippen molar-refractivity contribution < 1.29 is 19.1 Å². The van der Waals surface area contributed by atoms with Crippen molar-refractivity contribution >= 4 is 18.2 Å². The van der Waals surface area contributed by atoms with Crippen LogP contribution in [0.1, 0.15) is 18.9 Å². The summed E-state index contributed by atoms with van der Waals surface area (Å²) < 4.78 is 10.8. The van der Waals surface area contributed by atoms with Crippen molar-refractivity contribution in [3.8, 4) is 11.5 Å². The first-order valence-corrected chi connectivity index (χ1v) is 6.60. The largest absolute Gasteiger partial charge is 0.493 e. The number of hydrogen-bond acceptors (Lipinski definition) is 5. The first-order valence-electron chi connectivity index (χ1n) is 6.60. The van der Waals surface area contributed by atoms with E-state index in [1.807, 2.05) is 6.92 Å². The number of carbonyl (C=O) groups excluding carboxylic acids is 2. The number of rotatable bonds is 6. The van der Waals surface area contributed by atoms with E-state index in [9.17, 15) is 9.59 Å². The summed E-state index contributed by atoms with van der Waals surface area (Å²) >= 11 is 0. The Bertz CT molecular complexity index is 571. The Labute approximate surface area is 122 Å². The molecule has 0 saturated carbocycles. The van der Waals surface area contributed by atoms with Crippen LogP contribution >= 0.6 is 0 Å². The highest BCUT2D eigenvalue weighted by molar-refractivity contribution is 6.02. The molecular formula is C14H17N3O4. The maximum absolute atomic E-state index is 11.3. The maximum Gasteiger partial charge on any atom is 0.344 e. The highest BCUT2D eigenvalue weighted by Gasteiger charge is 2.25. The summed E-state index contributed by atoms with van der Waals surface area (Å²) in [4.78, 5) is 22.4. The van der Waals surface area contributed by atoms with Gasteiger partial charge in [-0.25, -0.2) is 9.80 Å². The van der Waals surface area contributed by atoms with Crippen LogP contribution in [0.3, 0.4) is 0 Å². The fourth-order valence-corrected chi connectivity index (χ4v) is 1.76. The molecule has 7 heteroatoms. The molecule has 112 valence electrons. The monoisotopic (exact) mass is 291 g/mol. The van der Waals surface area contributed by atoms with Gasteiger partial charge in [0.05, 0.1) is 19.9 Å². The predicted molar refractivity (Wildman–Crippen MR) is 76.6 cm³/mol. The average molecular weight is 291 g/mol. The SMILES string of the molecule is CCCOc1ccc(/C=N/N2CC(=O)NC2=O)cc1OC. The standard InChI is InChI=1S/C14H17N3O4/c1-3-6-21-11-5-4-10(7-12(11)20-2)8-15-17-9-13(18)16-14(17)19/h4-5,7-8H,3,6,9H2,1-2H3,(H,16,18,19)/b15-8+. The quantitative estimate of drug-likeness (QED) is 0.634. The zero-order valence-electron chi connectivity index (χ0n) is 12.0. The molecule has 3 amide bonds. The Morgan fingerprint density at radius 2 is 2.19 bits per heavy atom. The van der Waals surface area contributed by atoms with Crippen LogP contribution in [0, 0.1) is 0 Å². The van der Waals surface area contributed by atoms with Gasteiger partial charge in [0.1, 0.15) is 6.54 Å². The highest BCUT2D eigenvalue weighted by Crippen LogP contribution is 2.27. The number of methoxy groups -OCH3 is 1. The van der Waals surface area contributed by atoms with E-state index in [0.29, 0.717) is 18.1 Å². The van der Waals surface area contributed by atoms with Crippen LogP contribution in [0.5, 0.6) is 11.5 Å². The fraction of sp³-hybridized carbons (Fsp3) is 0.357. The molecule has 0 radical (unpaired) electrons. The summed E-state index contributed by atoms with van der Waals surface area (Å²) in [5.74, 6) is 0.887. The lowest BCUT2D eigenvalue weighted by Gasteiger charge is -2.10. The lowest BCUT2D eigenvalue weighted by molar-refractivity contribution is -0.118. The molecule has 0 atom stereocenters. The topological polar surface area (TPSA) is 80.2 Å². The summed E-state index contributed by atoms with van der Waals surface area (Å²) in [5.41, 5.74) is 0.739. The maximum atomic E-state index is 11.3. The van der Waals surface area contributed by atoms with Crippen LogP contribution in [0.15, 0.2) is 23.3 Å². The van der Waals surface area contributed by atoms with Crippen molar-refractivity contribution in [1.29, 1.82) is 0 Å². The zero-order valence-corrected chi connectivity index (χ0v) is 12.0. The van der Waals surface area contributed by atoms with Crippen molar-refractivity contribution in [1.82, 2.24) is 10.3 Å². The number of ether oxygens (including phenoxy) is 2. The van der Waals surface area contributed by atoms with E-state index in [4.69, 9.17) is 9.47 Å². The Balaban J connectivity index is 2.10. The zero-order chi connectivity index (χ0) is 15.2. The molecule has 7 nitrogen and oxygen atoms in total. The van der Waals surface area contributed by atoms with E-state index < -0.39 is 6.03 Å². The second-order valence-electron chi connectivity index (χ2n) is 4.41. The number of carbonyl (C=O) groups is 2. The summed E-state index contributed by atoms with van der Waals surface area (Å²) in [5, 5.41) is 7.18. The smallest absolute Gasteiger partial charge is 0.344 e. The van der Waals surface area contributed by atoms with Gasteiger partial charge in [-0.1, -0.05) is 6.92 Å². The Hall–Kier alpha value is -2.57. The van der Waals surface area contributed by atoms with Gasteiger partial charge < -0.3 is 9.47 Å². The molecule has 1 aliphatic heterocycles. The van der Waals surface area contributed by atoms with Crippen molar-refractivity contribution in [2.45, 2.75) is 13.3 Å².